The molecule has 74 valence electrons. The molecule has 2 aliphatic heterocycles. The topological polar surface area (TPSA) is 31.0 Å². The van der Waals surface area contributed by atoms with E-state index in [2.05, 4.69) is 0 Å². The largest absolute Gasteiger partial charge is 0.454 e. The van der Waals surface area contributed by atoms with Crippen LogP contribution in [0.5, 0.6) is 11.5 Å². The van der Waals surface area contributed by atoms with Gasteiger partial charge in [0, 0.05) is 0 Å². The van der Waals surface area contributed by atoms with Crippen molar-refractivity contribution >= 4 is 11.6 Å². The van der Waals surface area contributed by atoms with Crippen LogP contribution in [0.2, 0.25) is 5.02 Å². The van der Waals surface area contributed by atoms with Crippen molar-refractivity contribution in [3.63, 3.8) is 0 Å². The van der Waals surface area contributed by atoms with E-state index < -0.39 is 0 Å². The fourth-order valence-electron chi connectivity index (χ4n) is 1.55. The van der Waals surface area contributed by atoms with Crippen LogP contribution in [0.4, 0.5) is 0 Å². The summed E-state index contributed by atoms with van der Waals surface area (Å²) < 4.78 is 15.8. The lowest BCUT2D eigenvalue weighted by molar-refractivity contribution is 0.174. The zero-order chi connectivity index (χ0) is 9.76. The summed E-state index contributed by atoms with van der Waals surface area (Å²) in [6.07, 6.45) is 0. The minimum atomic E-state index is -0.176. The van der Waals surface area contributed by atoms with E-state index in [1.807, 2.05) is 19.1 Å². The fraction of sp³-hybridized carbons (Fsp3) is 0.400. The number of ether oxygens (including phenoxy) is 3. The number of benzene rings is 1. The lowest BCUT2D eigenvalue weighted by Crippen LogP contribution is -2.01. The number of hydrogen-bond acceptors (Lipinski definition) is 3. The molecule has 2 aliphatic rings. The third-order valence-electron chi connectivity index (χ3n) is 2.62. The van der Waals surface area contributed by atoms with Crippen LogP contribution < -0.4 is 9.47 Å². The molecule has 1 aromatic carbocycles. The highest BCUT2D eigenvalue weighted by atomic mass is 35.5. The van der Waals surface area contributed by atoms with E-state index in [4.69, 9.17) is 25.8 Å². The molecule has 3 nitrogen and oxygen atoms in total. The third kappa shape index (κ3) is 1.09. The SMILES string of the molecule is CC1(c2cc(Cl)c3c(c2)OCO3)CO1. The molecule has 0 bridgehead atoms. The van der Waals surface area contributed by atoms with Gasteiger partial charge in [0.15, 0.2) is 11.5 Å². The fourth-order valence-corrected chi connectivity index (χ4v) is 1.81. The first-order valence-corrected chi connectivity index (χ1v) is 4.80. The van der Waals surface area contributed by atoms with E-state index in [9.17, 15) is 0 Å². The van der Waals surface area contributed by atoms with Crippen LogP contribution in [0.15, 0.2) is 12.1 Å². The summed E-state index contributed by atoms with van der Waals surface area (Å²) in [6, 6.07) is 3.81. The first kappa shape index (κ1) is 8.38. The third-order valence-corrected chi connectivity index (χ3v) is 2.90. The van der Waals surface area contributed by atoms with Gasteiger partial charge in [-0.2, -0.15) is 0 Å². The van der Waals surface area contributed by atoms with Gasteiger partial charge in [-0.05, 0) is 24.6 Å². The summed E-state index contributed by atoms with van der Waals surface area (Å²) in [6.45, 7) is 3.01. The Morgan fingerprint density at radius 2 is 2.14 bits per heavy atom. The van der Waals surface area contributed by atoms with Crippen molar-refractivity contribution in [3.8, 4) is 11.5 Å². The van der Waals surface area contributed by atoms with Crippen molar-refractivity contribution < 1.29 is 14.2 Å². The smallest absolute Gasteiger partial charge is 0.231 e. The molecule has 0 aliphatic carbocycles. The monoisotopic (exact) mass is 212 g/mol. The number of hydrogen-bond donors (Lipinski definition) is 0. The Hall–Kier alpha value is -0.930. The Morgan fingerprint density at radius 3 is 2.86 bits per heavy atom. The second-order valence-electron chi connectivity index (χ2n) is 3.71. The van der Waals surface area contributed by atoms with Crippen molar-refractivity contribution in [1.82, 2.24) is 0 Å². The molecule has 1 atom stereocenters. The minimum absolute atomic E-state index is 0.176. The summed E-state index contributed by atoms with van der Waals surface area (Å²) in [7, 11) is 0. The number of fused-ring (bicyclic) bond motifs is 1. The molecule has 0 aromatic heterocycles. The van der Waals surface area contributed by atoms with Crippen LogP contribution in [0.1, 0.15) is 12.5 Å². The maximum absolute atomic E-state index is 6.05. The lowest BCUT2D eigenvalue weighted by Gasteiger charge is -2.07. The molecule has 0 radical (unpaired) electrons. The highest BCUT2D eigenvalue weighted by molar-refractivity contribution is 6.32. The van der Waals surface area contributed by atoms with Gasteiger partial charge >= 0.3 is 0 Å². The Morgan fingerprint density at radius 1 is 1.36 bits per heavy atom. The summed E-state index contributed by atoms with van der Waals surface area (Å²) >= 11 is 6.05. The van der Waals surface area contributed by atoms with Crippen LogP contribution >= 0.6 is 11.6 Å². The Bertz CT molecular complexity index is 399. The number of rotatable bonds is 1. The van der Waals surface area contributed by atoms with Crippen molar-refractivity contribution in [2.24, 2.45) is 0 Å². The van der Waals surface area contributed by atoms with Crippen LogP contribution in [0.25, 0.3) is 0 Å². The molecular formula is C10H9ClO3. The second-order valence-corrected chi connectivity index (χ2v) is 4.12. The van der Waals surface area contributed by atoms with Crippen molar-refractivity contribution in [2.75, 3.05) is 13.4 Å². The molecule has 1 unspecified atom stereocenters. The molecule has 1 fully saturated rings. The molecule has 0 spiro atoms. The molecule has 0 amide bonds. The normalized spacial score (nSPS) is 27.9. The molecule has 14 heavy (non-hydrogen) atoms. The van der Waals surface area contributed by atoms with Crippen molar-refractivity contribution in [2.45, 2.75) is 12.5 Å². The quantitative estimate of drug-likeness (QED) is 0.670. The van der Waals surface area contributed by atoms with Crippen LogP contribution in [-0.4, -0.2) is 13.4 Å². The van der Waals surface area contributed by atoms with Gasteiger partial charge in [0.1, 0.15) is 5.60 Å². The van der Waals surface area contributed by atoms with Gasteiger partial charge in [0.25, 0.3) is 0 Å². The van der Waals surface area contributed by atoms with Crippen LogP contribution in [0.3, 0.4) is 0 Å². The summed E-state index contributed by atoms with van der Waals surface area (Å²) in [5, 5.41) is 0.590. The maximum atomic E-state index is 6.05. The Balaban J connectivity index is 2.12. The molecular weight excluding hydrogens is 204 g/mol. The van der Waals surface area contributed by atoms with E-state index in [1.54, 1.807) is 0 Å². The summed E-state index contributed by atoms with van der Waals surface area (Å²) in [5.41, 5.74) is 0.872. The zero-order valence-corrected chi connectivity index (χ0v) is 8.43. The summed E-state index contributed by atoms with van der Waals surface area (Å²) in [4.78, 5) is 0. The van der Waals surface area contributed by atoms with E-state index in [0.29, 0.717) is 16.5 Å². The predicted molar refractivity (Wildman–Crippen MR) is 50.9 cm³/mol. The molecule has 4 heteroatoms. The van der Waals surface area contributed by atoms with Crippen LogP contribution in [0, 0.1) is 0 Å². The van der Waals surface area contributed by atoms with Crippen LogP contribution in [-0.2, 0) is 10.3 Å². The summed E-state index contributed by atoms with van der Waals surface area (Å²) in [5.74, 6) is 1.35. The van der Waals surface area contributed by atoms with Gasteiger partial charge in [0.05, 0.1) is 11.6 Å². The molecule has 2 heterocycles. The van der Waals surface area contributed by atoms with Crippen molar-refractivity contribution in [1.29, 1.82) is 0 Å². The van der Waals surface area contributed by atoms with Gasteiger partial charge in [-0.25, -0.2) is 0 Å². The Labute approximate surface area is 86.5 Å². The number of halogens is 1. The van der Waals surface area contributed by atoms with E-state index in [1.165, 1.54) is 0 Å². The predicted octanol–water partition coefficient (Wildman–Crippen LogP) is 2.31. The average molecular weight is 213 g/mol. The van der Waals surface area contributed by atoms with Gasteiger partial charge < -0.3 is 14.2 Å². The number of epoxide rings is 1. The van der Waals surface area contributed by atoms with Gasteiger partial charge in [-0.3, -0.25) is 0 Å². The lowest BCUT2D eigenvalue weighted by atomic mass is 10.0. The molecule has 3 rings (SSSR count). The average Bonchev–Trinajstić information content (AvgIpc) is 2.75. The zero-order valence-electron chi connectivity index (χ0n) is 7.67. The van der Waals surface area contributed by atoms with E-state index in [-0.39, 0.29) is 12.4 Å². The highest BCUT2D eigenvalue weighted by Crippen LogP contribution is 2.46. The first-order chi connectivity index (χ1) is 6.69. The molecule has 1 saturated heterocycles. The van der Waals surface area contributed by atoms with Gasteiger partial charge in [-0.15, -0.1) is 0 Å². The van der Waals surface area contributed by atoms with E-state index >= 15 is 0 Å². The maximum Gasteiger partial charge on any atom is 0.231 e. The molecule has 0 saturated carbocycles. The first-order valence-electron chi connectivity index (χ1n) is 4.43. The standard InChI is InChI=1S/C10H9ClO3/c1-10(4-14-10)6-2-7(11)9-8(3-6)12-5-13-9/h2-3H,4-5H2,1H3. The van der Waals surface area contributed by atoms with E-state index in [0.717, 1.165) is 12.2 Å². The van der Waals surface area contributed by atoms with Gasteiger partial charge in [-0.1, -0.05) is 11.6 Å². The second kappa shape index (κ2) is 2.55. The van der Waals surface area contributed by atoms with Gasteiger partial charge in [0.2, 0.25) is 6.79 Å². The minimum Gasteiger partial charge on any atom is -0.454 e. The highest BCUT2D eigenvalue weighted by Gasteiger charge is 2.42. The Kier molecular flexibility index (Phi) is 1.53. The van der Waals surface area contributed by atoms with Crippen molar-refractivity contribution in [3.05, 3.63) is 22.7 Å². The molecule has 1 aromatic rings. The molecule has 0 N–H and O–H groups in total.